The molecule has 0 bridgehead atoms. The van der Waals surface area contributed by atoms with Crippen molar-refractivity contribution in [1.82, 2.24) is 15.4 Å². The molecule has 1 aliphatic heterocycles. The SMILES string of the molecule is COCCC(=O)N[C@@H]1CCN(Cc2c(C)noc2C)C[C@H]1O. The van der Waals surface area contributed by atoms with Crippen LogP contribution in [0.5, 0.6) is 0 Å². The number of β-amino-alcohol motifs (C(OH)–C–C–N with tert-alkyl or cyclic N) is 1. The molecule has 1 fully saturated rings. The molecule has 0 radical (unpaired) electrons. The average molecular weight is 311 g/mol. The van der Waals surface area contributed by atoms with Gasteiger partial charge in [-0.05, 0) is 20.3 Å². The molecule has 1 aliphatic rings. The molecule has 2 N–H and O–H groups in total. The average Bonchev–Trinajstić information content (AvgIpc) is 2.80. The molecule has 7 heteroatoms. The molecule has 2 atom stereocenters. The standard InChI is InChI=1S/C15H25N3O4/c1-10-12(11(2)22-17-10)8-18-6-4-13(14(19)9-18)16-15(20)5-7-21-3/h13-14,19H,4-9H2,1-3H3,(H,16,20)/t13-,14-/m1/s1. The van der Waals surface area contributed by atoms with Gasteiger partial charge in [0.15, 0.2) is 0 Å². The van der Waals surface area contributed by atoms with Crippen LogP contribution in [0.2, 0.25) is 0 Å². The number of nitrogens with zero attached hydrogens (tertiary/aromatic N) is 2. The number of rotatable bonds is 6. The van der Waals surface area contributed by atoms with E-state index in [0.717, 1.165) is 30.0 Å². The molecule has 1 aromatic rings. The predicted molar refractivity (Wildman–Crippen MR) is 80.3 cm³/mol. The number of methoxy groups -OCH3 is 1. The lowest BCUT2D eigenvalue weighted by Gasteiger charge is -2.36. The minimum Gasteiger partial charge on any atom is -0.390 e. The topological polar surface area (TPSA) is 87.8 Å². The van der Waals surface area contributed by atoms with E-state index in [0.29, 0.717) is 26.1 Å². The van der Waals surface area contributed by atoms with Crippen molar-refractivity contribution in [3.05, 3.63) is 17.0 Å². The maximum absolute atomic E-state index is 11.7. The Bertz CT molecular complexity index is 483. The van der Waals surface area contributed by atoms with Gasteiger partial charge in [0.05, 0.1) is 24.4 Å². The number of carbonyl (C=O) groups is 1. The van der Waals surface area contributed by atoms with E-state index in [1.54, 1.807) is 7.11 Å². The van der Waals surface area contributed by atoms with Gasteiger partial charge in [-0.1, -0.05) is 5.16 Å². The van der Waals surface area contributed by atoms with Crippen molar-refractivity contribution < 1.29 is 19.2 Å². The number of aliphatic hydroxyl groups excluding tert-OH is 1. The summed E-state index contributed by atoms with van der Waals surface area (Å²) in [5, 5.41) is 17.1. The first-order valence-electron chi connectivity index (χ1n) is 7.61. The van der Waals surface area contributed by atoms with Gasteiger partial charge in [-0.15, -0.1) is 0 Å². The molecule has 22 heavy (non-hydrogen) atoms. The predicted octanol–water partition coefficient (Wildman–Crippen LogP) is 0.379. The highest BCUT2D eigenvalue weighted by atomic mass is 16.5. The fourth-order valence-corrected chi connectivity index (χ4v) is 2.73. The van der Waals surface area contributed by atoms with Crippen LogP contribution in [0.1, 0.15) is 29.9 Å². The Balaban J connectivity index is 1.83. The Morgan fingerprint density at radius 1 is 1.55 bits per heavy atom. The zero-order chi connectivity index (χ0) is 16.1. The van der Waals surface area contributed by atoms with E-state index in [2.05, 4.69) is 15.4 Å². The van der Waals surface area contributed by atoms with E-state index in [1.165, 1.54) is 0 Å². The molecule has 7 nitrogen and oxygen atoms in total. The maximum Gasteiger partial charge on any atom is 0.222 e. The number of ether oxygens (including phenoxy) is 1. The number of hydrogen-bond donors (Lipinski definition) is 2. The second kappa shape index (κ2) is 7.71. The summed E-state index contributed by atoms with van der Waals surface area (Å²) < 4.78 is 10.0. The normalized spacial score (nSPS) is 22.7. The number of nitrogens with one attached hydrogen (secondary N) is 1. The van der Waals surface area contributed by atoms with Crippen molar-refractivity contribution in [2.24, 2.45) is 0 Å². The number of aromatic nitrogens is 1. The van der Waals surface area contributed by atoms with Crippen LogP contribution in [0.15, 0.2) is 4.52 Å². The molecule has 124 valence electrons. The van der Waals surface area contributed by atoms with Crippen LogP contribution in [0.3, 0.4) is 0 Å². The lowest BCUT2D eigenvalue weighted by atomic mass is 10.0. The minimum atomic E-state index is -0.569. The van der Waals surface area contributed by atoms with Crippen molar-refractivity contribution in [2.75, 3.05) is 26.8 Å². The van der Waals surface area contributed by atoms with Gasteiger partial charge < -0.3 is 19.7 Å². The van der Waals surface area contributed by atoms with Crippen LogP contribution >= 0.6 is 0 Å². The lowest BCUT2D eigenvalue weighted by molar-refractivity contribution is -0.124. The Labute approximate surface area is 130 Å². The number of piperidine rings is 1. The Kier molecular flexibility index (Phi) is 5.93. The van der Waals surface area contributed by atoms with Crippen LogP contribution in [0, 0.1) is 13.8 Å². The number of amides is 1. The molecule has 0 saturated carbocycles. The van der Waals surface area contributed by atoms with Crippen molar-refractivity contribution in [3.8, 4) is 0 Å². The van der Waals surface area contributed by atoms with Crippen LogP contribution in [-0.2, 0) is 16.1 Å². The first-order valence-corrected chi connectivity index (χ1v) is 7.61. The van der Waals surface area contributed by atoms with E-state index in [1.807, 2.05) is 13.8 Å². The molecule has 0 spiro atoms. The largest absolute Gasteiger partial charge is 0.390 e. The van der Waals surface area contributed by atoms with Crippen LogP contribution in [-0.4, -0.2) is 60.0 Å². The van der Waals surface area contributed by atoms with Crippen LogP contribution in [0.25, 0.3) is 0 Å². The monoisotopic (exact) mass is 311 g/mol. The van der Waals surface area contributed by atoms with Gasteiger partial charge >= 0.3 is 0 Å². The molecule has 2 heterocycles. The fourth-order valence-electron chi connectivity index (χ4n) is 2.73. The van der Waals surface area contributed by atoms with Gasteiger partial charge in [0.1, 0.15) is 5.76 Å². The minimum absolute atomic E-state index is 0.0786. The molecular formula is C15H25N3O4. The number of carbonyl (C=O) groups excluding carboxylic acids is 1. The molecule has 0 unspecified atom stereocenters. The molecule has 0 aromatic carbocycles. The Morgan fingerprint density at radius 3 is 2.91 bits per heavy atom. The first-order chi connectivity index (χ1) is 10.5. The lowest BCUT2D eigenvalue weighted by Crippen LogP contribution is -2.53. The highest BCUT2D eigenvalue weighted by Gasteiger charge is 2.29. The summed E-state index contributed by atoms with van der Waals surface area (Å²) in [5.41, 5.74) is 1.97. The van der Waals surface area contributed by atoms with Crippen molar-refractivity contribution >= 4 is 5.91 Å². The second-order valence-electron chi connectivity index (χ2n) is 5.81. The number of aryl methyl sites for hydroxylation is 2. The summed E-state index contributed by atoms with van der Waals surface area (Å²) in [6.07, 6.45) is 0.479. The van der Waals surface area contributed by atoms with E-state index < -0.39 is 6.10 Å². The Morgan fingerprint density at radius 2 is 2.32 bits per heavy atom. The number of aliphatic hydroxyl groups is 1. The maximum atomic E-state index is 11.7. The number of likely N-dealkylation sites (tertiary alicyclic amines) is 1. The Hall–Kier alpha value is -1.44. The quantitative estimate of drug-likeness (QED) is 0.790. The van der Waals surface area contributed by atoms with Gasteiger partial charge in [-0.2, -0.15) is 0 Å². The summed E-state index contributed by atoms with van der Waals surface area (Å²) >= 11 is 0. The summed E-state index contributed by atoms with van der Waals surface area (Å²) in [6.45, 7) is 6.27. The van der Waals surface area contributed by atoms with Gasteiger partial charge in [0.2, 0.25) is 5.91 Å². The third-order valence-electron chi connectivity index (χ3n) is 4.11. The third kappa shape index (κ3) is 4.28. The second-order valence-corrected chi connectivity index (χ2v) is 5.81. The van der Waals surface area contributed by atoms with Gasteiger partial charge in [-0.3, -0.25) is 9.69 Å². The summed E-state index contributed by atoms with van der Waals surface area (Å²) in [6, 6.07) is -0.190. The van der Waals surface area contributed by atoms with Crippen LogP contribution < -0.4 is 5.32 Å². The zero-order valence-electron chi connectivity index (χ0n) is 13.5. The van der Waals surface area contributed by atoms with Crippen LogP contribution in [0.4, 0.5) is 0 Å². The molecule has 1 amide bonds. The van der Waals surface area contributed by atoms with Crippen molar-refractivity contribution in [3.63, 3.8) is 0 Å². The van der Waals surface area contributed by atoms with Crippen molar-refractivity contribution in [2.45, 2.75) is 45.4 Å². The highest BCUT2D eigenvalue weighted by Crippen LogP contribution is 2.19. The molecule has 1 aromatic heterocycles. The summed E-state index contributed by atoms with van der Waals surface area (Å²) in [7, 11) is 1.56. The molecule has 2 rings (SSSR count). The fraction of sp³-hybridized carbons (Fsp3) is 0.733. The van der Waals surface area contributed by atoms with Gasteiger partial charge in [-0.25, -0.2) is 0 Å². The van der Waals surface area contributed by atoms with Gasteiger partial charge in [0.25, 0.3) is 0 Å². The van der Waals surface area contributed by atoms with E-state index in [4.69, 9.17) is 9.26 Å². The highest BCUT2D eigenvalue weighted by molar-refractivity contribution is 5.76. The smallest absolute Gasteiger partial charge is 0.222 e. The number of hydrogen-bond acceptors (Lipinski definition) is 6. The summed E-state index contributed by atoms with van der Waals surface area (Å²) in [5.74, 6) is 0.743. The van der Waals surface area contributed by atoms with Crippen molar-refractivity contribution in [1.29, 1.82) is 0 Å². The third-order valence-corrected chi connectivity index (χ3v) is 4.11. The summed E-state index contributed by atoms with van der Waals surface area (Å²) in [4.78, 5) is 13.9. The zero-order valence-corrected chi connectivity index (χ0v) is 13.5. The molecule has 0 aliphatic carbocycles. The van der Waals surface area contributed by atoms with E-state index in [9.17, 15) is 9.90 Å². The molecular weight excluding hydrogens is 286 g/mol. The van der Waals surface area contributed by atoms with E-state index >= 15 is 0 Å². The van der Waals surface area contributed by atoms with Gasteiger partial charge in [0, 0.05) is 38.7 Å². The molecule has 1 saturated heterocycles. The van der Waals surface area contributed by atoms with E-state index in [-0.39, 0.29) is 11.9 Å². The first kappa shape index (κ1) is 16.9.